The van der Waals surface area contributed by atoms with Crippen LogP contribution in [0.1, 0.15) is 27.5 Å². The number of benzene rings is 3. The number of rotatable bonds is 4. The van der Waals surface area contributed by atoms with Crippen molar-refractivity contribution in [1.82, 2.24) is 14.8 Å². The molecule has 0 spiro atoms. The van der Waals surface area contributed by atoms with Crippen LogP contribution in [0.3, 0.4) is 0 Å². The molecule has 1 aliphatic rings. The van der Waals surface area contributed by atoms with Gasteiger partial charge in [0.25, 0.3) is 11.9 Å². The minimum atomic E-state index is -0.275. The standard InChI is InChI=1S/C24H17Cl2N5O/c25-18-10-6-15(7-11-18)20-14-21(16-8-12-19(26)13-9-16)31-24(27-20)29-23(30-31)28-22(32)17-4-2-1-3-5-17/h1-14,21H,(H2,27,28,29,30,32)/t21-/m0/s1. The van der Waals surface area contributed by atoms with Gasteiger partial charge < -0.3 is 5.32 Å². The van der Waals surface area contributed by atoms with Crippen LogP contribution < -0.4 is 10.6 Å². The zero-order valence-corrected chi connectivity index (χ0v) is 18.2. The molecule has 2 heterocycles. The number of carbonyl (C=O) groups excluding carboxylic acids is 1. The molecule has 0 unspecified atom stereocenters. The number of allylic oxidation sites excluding steroid dienone is 1. The smallest absolute Gasteiger partial charge is 0.258 e. The molecule has 1 atom stereocenters. The second-order valence-corrected chi connectivity index (χ2v) is 8.11. The molecule has 0 bridgehead atoms. The van der Waals surface area contributed by atoms with Gasteiger partial charge in [0, 0.05) is 21.3 Å². The molecule has 0 radical (unpaired) electrons. The highest BCUT2D eigenvalue weighted by Gasteiger charge is 2.26. The van der Waals surface area contributed by atoms with E-state index in [0.717, 1.165) is 16.8 Å². The van der Waals surface area contributed by atoms with Crippen molar-refractivity contribution in [2.45, 2.75) is 6.04 Å². The number of anilines is 2. The average Bonchev–Trinajstić information content (AvgIpc) is 3.22. The minimum Gasteiger partial charge on any atom is -0.324 e. The van der Waals surface area contributed by atoms with Crippen molar-refractivity contribution in [2.75, 3.05) is 10.6 Å². The van der Waals surface area contributed by atoms with E-state index in [4.69, 9.17) is 23.2 Å². The Labute approximate surface area is 194 Å². The average molecular weight is 462 g/mol. The Balaban J connectivity index is 1.51. The largest absolute Gasteiger partial charge is 0.324 e. The molecule has 1 aliphatic heterocycles. The summed E-state index contributed by atoms with van der Waals surface area (Å²) in [4.78, 5) is 17.1. The van der Waals surface area contributed by atoms with E-state index in [1.54, 1.807) is 28.9 Å². The summed E-state index contributed by atoms with van der Waals surface area (Å²) in [7, 11) is 0. The number of hydrogen-bond acceptors (Lipinski definition) is 4. The third-order valence-electron chi connectivity index (χ3n) is 5.09. The van der Waals surface area contributed by atoms with E-state index in [-0.39, 0.29) is 17.9 Å². The van der Waals surface area contributed by atoms with Crippen molar-refractivity contribution < 1.29 is 4.79 Å². The summed E-state index contributed by atoms with van der Waals surface area (Å²) in [6.45, 7) is 0. The summed E-state index contributed by atoms with van der Waals surface area (Å²) >= 11 is 12.1. The Kier molecular flexibility index (Phi) is 5.39. The molecule has 4 aromatic rings. The normalized spacial score (nSPS) is 14.8. The Morgan fingerprint density at radius 1 is 0.906 bits per heavy atom. The molecule has 0 fully saturated rings. The van der Waals surface area contributed by atoms with Gasteiger partial charge in [-0.25, -0.2) is 4.68 Å². The van der Waals surface area contributed by atoms with E-state index in [0.29, 0.717) is 21.6 Å². The van der Waals surface area contributed by atoms with Crippen LogP contribution in [0.25, 0.3) is 5.70 Å². The molecule has 0 aliphatic carbocycles. The fourth-order valence-corrected chi connectivity index (χ4v) is 3.76. The quantitative estimate of drug-likeness (QED) is 0.397. The second-order valence-electron chi connectivity index (χ2n) is 7.23. The molecule has 0 saturated carbocycles. The first-order valence-electron chi connectivity index (χ1n) is 9.90. The maximum atomic E-state index is 12.6. The molecule has 0 saturated heterocycles. The fraction of sp³-hybridized carbons (Fsp3) is 0.0417. The lowest BCUT2D eigenvalue weighted by molar-refractivity contribution is 0.102. The number of halogens is 2. The Morgan fingerprint density at radius 3 is 2.25 bits per heavy atom. The van der Waals surface area contributed by atoms with Crippen molar-refractivity contribution in [2.24, 2.45) is 0 Å². The highest BCUT2D eigenvalue weighted by molar-refractivity contribution is 6.30. The lowest BCUT2D eigenvalue weighted by Gasteiger charge is -2.24. The summed E-state index contributed by atoms with van der Waals surface area (Å²) in [6.07, 6.45) is 2.05. The van der Waals surface area contributed by atoms with Crippen LogP contribution in [-0.2, 0) is 0 Å². The molecule has 1 amide bonds. The molecular weight excluding hydrogens is 445 g/mol. The lowest BCUT2D eigenvalue weighted by atomic mass is 10.0. The van der Waals surface area contributed by atoms with Crippen molar-refractivity contribution in [1.29, 1.82) is 0 Å². The molecule has 3 aromatic carbocycles. The molecule has 2 N–H and O–H groups in total. The number of amides is 1. The van der Waals surface area contributed by atoms with E-state index in [9.17, 15) is 4.79 Å². The van der Waals surface area contributed by atoms with Gasteiger partial charge in [-0.3, -0.25) is 10.1 Å². The fourth-order valence-electron chi connectivity index (χ4n) is 3.50. The summed E-state index contributed by atoms with van der Waals surface area (Å²) in [5.74, 6) is 0.453. The van der Waals surface area contributed by atoms with E-state index >= 15 is 0 Å². The second kappa shape index (κ2) is 8.49. The molecule has 1 aromatic heterocycles. The maximum absolute atomic E-state index is 12.6. The Bertz CT molecular complexity index is 1300. The monoisotopic (exact) mass is 461 g/mol. The highest BCUT2D eigenvalue weighted by Crippen LogP contribution is 2.34. The first-order chi connectivity index (χ1) is 15.6. The highest BCUT2D eigenvalue weighted by atomic mass is 35.5. The molecule has 6 nitrogen and oxygen atoms in total. The van der Waals surface area contributed by atoms with E-state index in [1.165, 1.54) is 0 Å². The van der Waals surface area contributed by atoms with Crippen LogP contribution in [0.5, 0.6) is 0 Å². The third kappa shape index (κ3) is 4.10. The van der Waals surface area contributed by atoms with Crippen LogP contribution in [0.15, 0.2) is 84.9 Å². The number of nitrogens with zero attached hydrogens (tertiary/aromatic N) is 3. The van der Waals surface area contributed by atoms with Gasteiger partial charge >= 0.3 is 0 Å². The first-order valence-corrected chi connectivity index (χ1v) is 10.7. The number of carbonyl (C=O) groups is 1. The molecular formula is C24H17Cl2N5O. The number of hydrogen-bond donors (Lipinski definition) is 2. The van der Waals surface area contributed by atoms with Gasteiger partial charge in [-0.15, -0.1) is 5.10 Å². The SMILES string of the molecule is O=C(Nc1nc2n(n1)[C@H](c1ccc(Cl)cc1)C=C(c1ccc(Cl)cc1)N2)c1ccccc1. The van der Waals surface area contributed by atoms with Crippen molar-refractivity contribution >= 4 is 46.7 Å². The zero-order chi connectivity index (χ0) is 22.1. The summed E-state index contributed by atoms with van der Waals surface area (Å²) < 4.78 is 1.74. The van der Waals surface area contributed by atoms with Gasteiger partial charge in [-0.1, -0.05) is 65.7 Å². The molecule has 158 valence electrons. The number of fused-ring (bicyclic) bond motifs is 1. The van der Waals surface area contributed by atoms with Gasteiger partial charge in [0.2, 0.25) is 5.95 Å². The molecule has 32 heavy (non-hydrogen) atoms. The van der Waals surface area contributed by atoms with E-state index in [1.807, 2.05) is 54.6 Å². The Morgan fingerprint density at radius 2 is 1.56 bits per heavy atom. The number of nitrogens with one attached hydrogen (secondary N) is 2. The Hall–Kier alpha value is -3.61. The third-order valence-corrected chi connectivity index (χ3v) is 5.60. The van der Waals surface area contributed by atoms with Crippen LogP contribution in [0.2, 0.25) is 10.0 Å². The van der Waals surface area contributed by atoms with Gasteiger partial charge in [0.15, 0.2) is 0 Å². The summed E-state index contributed by atoms with van der Waals surface area (Å²) in [6, 6.07) is 23.8. The predicted molar refractivity (Wildman–Crippen MR) is 127 cm³/mol. The van der Waals surface area contributed by atoms with Gasteiger partial charge in [0.05, 0.1) is 0 Å². The van der Waals surface area contributed by atoms with Crippen LogP contribution in [0, 0.1) is 0 Å². The molecule has 5 rings (SSSR count). The van der Waals surface area contributed by atoms with E-state index in [2.05, 4.69) is 26.8 Å². The maximum Gasteiger partial charge on any atom is 0.258 e. The van der Waals surface area contributed by atoms with Crippen molar-refractivity contribution in [3.8, 4) is 0 Å². The van der Waals surface area contributed by atoms with Gasteiger partial charge in [-0.05, 0) is 53.6 Å². The molecule has 8 heteroatoms. The summed E-state index contributed by atoms with van der Waals surface area (Å²) in [5.41, 5.74) is 3.33. The topological polar surface area (TPSA) is 71.8 Å². The van der Waals surface area contributed by atoms with Crippen LogP contribution >= 0.6 is 23.2 Å². The van der Waals surface area contributed by atoms with Crippen molar-refractivity contribution in [3.63, 3.8) is 0 Å². The van der Waals surface area contributed by atoms with Gasteiger partial charge in [-0.2, -0.15) is 4.98 Å². The van der Waals surface area contributed by atoms with Crippen LogP contribution in [0.4, 0.5) is 11.9 Å². The van der Waals surface area contributed by atoms with E-state index < -0.39 is 0 Å². The zero-order valence-electron chi connectivity index (χ0n) is 16.7. The minimum absolute atomic E-state index is 0.214. The lowest BCUT2D eigenvalue weighted by Crippen LogP contribution is -2.20. The summed E-state index contributed by atoms with van der Waals surface area (Å²) in [5, 5.41) is 11.9. The van der Waals surface area contributed by atoms with Crippen LogP contribution in [-0.4, -0.2) is 20.7 Å². The van der Waals surface area contributed by atoms with Crippen molar-refractivity contribution in [3.05, 3.63) is 112 Å². The number of aromatic nitrogens is 3. The predicted octanol–water partition coefficient (Wildman–Crippen LogP) is 5.89. The first kappa shape index (κ1) is 20.3. The van der Waals surface area contributed by atoms with Gasteiger partial charge in [0.1, 0.15) is 6.04 Å².